The number of aromatic nitrogens is 1. The average Bonchev–Trinajstić information content (AvgIpc) is 3.05. The van der Waals surface area contributed by atoms with Crippen molar-refractivity contribution in [3.63, 3.8) is 0 Å². The molecule has 0 radical (unpaired) electrons. The zero-order valence-corrected chi connectivity index (χ0v) is 13.4. The summed E-state index contributed by atoms with van der Waals surface area (Å²) in [6.45, 7) is -0.437. The first-order valence-electron chi connectivity index (χ1n) is 7.53. The molecule has 0 spiro atoms. The quantitative estimate of drug-likeness (QED) is 0.311. The number of rotatable bonds is 5. The molecule has 3 rings (SSSR count). The Kier molecular flexibility index (Phi) is 4.63. The highest BCUT2D eigenvalue weighted by Gasteiger charge is 2.19. The van der Waals surface area contributed by atoms with Gasteiger partial charge < -0.3 is 4.74 Å². The second-order valence-electron chi connectivity index (χ2n) is 5.31. The van der Waals surface area contributed by atoms with Gasteiger partial charge in [-0.25, -0.2) is 5.84 Å². The first-order valence-corrected chi connectivity index (χ1v) is 7.53. The second kappa shape index (κ2) is 7.03. The fourth-order valence-corrected chi connectivity index (χ4v) is 2.58. The Morgan fingerprint density at radius 2 is 1.85 bits per heavy atom. The number of para-hydroxylation sites is 3. The van der Waals surface area contributed by atoms with Gasteiger partial charge in [-0.05, 0) is 12.1 Å². The van der Waals surface area contributed by atoms with Crippen molar-refractivity contribution in [2.75, 3.05) is 6.61 Å². The molecule has 0 aliphatic carbocycles. The van der Waals surface area contributed by atoms with E-state index in [-0.39, 0.29) is 17.0 Å². The van der Waals surface area contributed by atoms with Crippen molar-refractivity contribution in [1.29, 1.82) is 0 Å². The Balaban J connectivity index is 1.90. The van der Waals surface area contributed by atoms with Crippen LogP contribution in [-0.4, -0.2) is 27.9 Å². The molecule has 0 aliphatic rings. The third-order valence-electron chi connectivity index (χ3n) is 3.77. The van der Waals surface area contributed by atoms with Crippen LogP contribution in [0.15, 0.2) is 54.7 Å². The molecular formula is C17H14N4O5. The van der Waals surface area contributed by atoms with Gasteiger partial charge in [0.15, 0.2) is 12.4 Å². The van der Waals surface area contributed by atoms with E-state index < -0.39 is 23.3 Å². The van der Waals surface area contributed by atoms with E-state index in [0.29, 0.717) is 10.9 Å². The van der Waals surface area contributed by atoms with Crippen LogP contribution in [0.25, 0.3) is 10.9 Å². The van der Waals surface area contributed by atoms with Crippen LogP contribution in [0.1, 0.15) is 15.2 Å². The summed E-state index contributed by atoms with van der Waals surface area (Å²) in [5, 5.41) is 11.6. The first kappa shape index (κ1) is 17.1. The summed E-state index contributed by atoms with van der Waals surface area (Å²) in [5.41, 5.74) is 2.54. The summed E-state index contributed by atoms with van der Waals surface area (Å²) in [6, 6.07) is 12.6. The molecule has 0 saturated carbocycles. The number of fused-ring (bicyclic) bond motifs is 1. The molecule has 3 N–H and O–H groups in total. The molecule has 9 heteroatoms. The molecule has 0 unspecified atom stereocenters. The van der Waals surface area contributed by atoms with Gasteiger partial charge in [0, 0.05) is 17.6 Å². The summed E-state index contributed by atoms with van der Waals surface area (Å²) < 4.78 is 6.58. The summed E-state index contributed by atoms with van der Waals surface area (Å²) in [6.07, 6.45) is 1.36. The van der Waals surface area contributed by atoms with Crippen LogP contribution in [0.3, 0.4) is 0 Å². The molecule has 1 heterocycles. The van der Waals surface area contributed by atoms with E-state index >= 15 is 0 Å². The fourth-order valence-electron chi connectivity index (χ4n) is 2.58. The standard InChI is InChI=1S/C17H14N4O5/c18-19-17(23)12-9-20(13-6-2-1-5-11(12)13)16(22)10-26-15-8-4-3-7-14(15)21(24)25/h1-9H,10,18H2,(H,19,23). The number of carbonyl (C=O) groups excluding carboxylic acids is 2. The fraction of sp³-hybridized carbons (Fsp3) is 0.0588. The highest BCUT2D eigenvalue weighted by atomic mass is 16.6. The number of nitro groups is 1. The van der Waals surface area contributed by atoms with E-state index in [9.17, 15) is 19.7 Å². The van der Waals surface area contributed by atoms with Crippen LogP contribution in [-0.2, 0) is 0 Å². The molecule has 0 atom stereocenters. The van der Waals surface area contributed by atoms with Gasteiger partial charge in [-0.15, -0.1) is 0 Å². The number of nitrogens with one attached hydrogen (secondary N) is 1. The van der Waals surface area contributed by atoms with E-state index in [1.54, 1.807) is 30.3 Å². The van der Waals surface area contributed by atoms with E-state index in [4.69, 9.17) is 10.6 Å². The summed E-state index contributed by atoms with van der Waals surface area (Å²) >= 11 is 0. The first-order chi connectivity index (χ1) is 12.5. The van der Waals surface area contributed by atoms with E-state index in [2.05, 4.69) is 0 Å². The van der Waals surface area contributed by atoms with Crippen molar-refractivity contribution in [3.05, 3.63) is 70.4 Å². The zero-order chi connectivity index (χ0) is 18.7. The predicted octanol–water partition coefficient (Wildman–Crippen LogP) is 1.87. The number of hydrogen-bond donors (Lipinski definition) is 2. The number of hydrazine groups is 1. The number of nitrogen functional groups attached to an aromatic ring is 1. The number of nitrogens with zero attached hydrogens (tertiary/aromatic N) is 2. The van der Waals surface area contributed by atoms with Gasteiger partial charge in [-0.1, -0.05) is 30.3 Å². The van der Waals surface area contributed by atoms with Crippen molar-refractivity contribution in [3.8, 4) is 5.75 Å². The maximum atomic E-state index is 12.5. The molecule has 2 aromatic carbocycles. The Labute approximate surface area is 147 Å². The monoisotopic (exact) mass is 354 g/mol. The van der Waals surface area contributed by atoms with E-state index in [1.807, 2.05) is 5.43 Å². The Morgan fingerprint density at radius 1 is 1.15 bits per heavy atom. The number of carbonyl (C=O) groups is 2. The molecule has 0 aliphatic heterocycles. The molecule has 1 aromatic heterocycles. The van der Waals surface area contributed by atoms with Crippen LogP contribution in [0, 0.1) is 10.1 Å². The highest BCUT2D eigenvalue weighted by molar-refractivity contribution is 6.09. The predicted molar refractivity (Wildman–Crippen MR) is 92.8 cm³/mol. The van der Waals surface area contributed by atoms with Gasteiger partial charge >= 0.3 is 5.69 Å². The number of nitro benzene ring substituents is 1. The van der Waals surface area contributed by atoms with Crippen LogP contribution < -0.4 is 16.0 Å². The van der Waals surface area contributed by atoms with E-state index in [0.717, 1.165) is 0 Å². The average molecular weight is 354 g/mol. The van der Waals surface area contributed by atoms with Gasteiger partial charge in [0.1, 0.15) is 0 Å². The molecule has 0 fully saturated rings. The third-order valence-corrected chi connectivity index (χ3v) is 3.77. The molecule has 132 valence electrons. The Morgan fingerprint density at radius 3 is 2.58 bits per heavy atom. The van der Waals surface area contributed by atoms with Gasteiger partial charge in [0.25, 0.3) is 11.8 Å². The van der Waals surface area contributed by atoms with Crippen molar-refractivity contribution < 1.29 is 19.2 Å². The molecule has 1 amide bonds. The third kappa shape index (κ3) is 3.10. The lowest BCUT2D eigenvalue weighted by Gasteiger charge is -2.07. The van der Waals surface area contributed by atoms with Crippen LogP contribution in [0.4, 0.5) is 5.69 Å². The topological polar surface area (TPSA) is 129 Å². The number of ether oxygens (including phenoxy) is 1. The maximum absolute atomic E-state index is 12.5. The van der Waals surface area contributed by atoms with Gasteiger partial charge in [-0.2, -0.15) is 0 Å². The van der Waals surface area contributed by atoms with Gasteiger partial charge in [-0.3, -0.25) is 29.7 Å². The summed E-state index contributed by atoms with van der Waals surface area (Å²) in [5.74, 6) is 4.14. The molecule has 0 bridgehead atoms. The summed E-state index contributed by atoms with van der Waals surface area (Å²) in [7, 11) is 0. The lowest BCUT2D eigenvalue weighted by molar-refractivity contribution is -0.385. The number of hydrogen-bond acceptors (Lipinski definition) is 6. The lowest BCUT2D eigenvalue weighted by Crippen LogP contribution is -2.29. The Hall–Kier alpha value is -3.72. The van der Waals surface area contributed by atoms with Crippen LogP contribution in [0.2, 0.25) is 0 Å². The SMILES string of the molecule is NNC(=O)c1cn(C(=O)COc2ccccc2[N+](=O)[O-])c2ccccc12. The second-order valence-corrected chi connectivity index (χ2v) is 5.31. The van der Waals surface area contributed by atoms with Crippen molar-refractivity contribution in [2.45, 2.75) is 0 Å². The summed E-state index contributed by atoms with van der Waals surface area (Å²) in [4.78, 5) is 34.9. The molecule has 3 aromatic rings. The van der Waals surface area contributed by atoms with Crippen molar-refractivity contribution in [2.24, 2.45) is 5.84 Å². The largest absolute Gasteiger partial charge is 0.477 e. The number of amides is 1. The van der Waals surface area contributed by atoms with Crippen LogP contribution >= 0.6 is 0 Å². The maximum Gasteiger partial charge on any atom is 0.310 e. The highest BCUT2D eigenvalue weighted by Crippen LogP contribution is 2.26. The van der Waals surface area contributed by atoms with Crippen molar-refractivity contribution >= 4 is 28.4 Å². The minimum atomic E-state index is -0.589. The minimum absolute atomic E-state index is 0.0118. The van der Waals surface area contributed by atoms with E-state index in [1.165, 1.54) is 29.0 Å². The minimum Gasteiger partial charge on any atom is -0.477 e. The zero-order valence-electron chi connectivity index (χ0n) is 13.4. The molecule has 9 nitrogen and oxygen atoms in total. The molecular weight excluding hydrogens is 340 g/mol. The number of nitrogens with two attached hydrogens (primary N) is 1. The smallest absolute Gasteiger partial charge is 0.310 e. The number of benzene rings is 2. The normalized spacial score (nSPS) is 10.5. The van der Waals surface area contributed by atoms with Gasteiger partial charge in [0.05, 0.1) is 16.0 Å². The molecule has 0 saturated heterocycles. The van der Waals surface area contributed by atoms with Crippen molar-refractivity contribution in [1.82, 2.24) is 9.99 Å². The molecule has 26 heavy (non-hydrogen) atoms. The Bertz CT molecular complexity index is 1010. The lowest BCUT2D eigenvalue weighted by atomic mass is 10.2. The van der Waals surface area contributed by atoms with Gasteiger partial charge in [0.2, 0.25) is 0 Å². The van der Waals surface area contributed by atoms with Crippen LogP contribution in [0.5, 0.6) is 5.75 Å².